The number of hydrogen-bond donors (Lipinski definition) is 7. The van der Waals surface area contributed by atoms with Crippen LogP contribution >= 0.6 is 0 Å². The zero-order chi connectivity index (χ0) is 29.9. The Labute approximate surface area is 240 Å². The van der Waals surface area contributed by atoms with Crippen molar-refractivity contribution in [1.82, 2.24) is 5.32 Å². The molecule has 8 atom stereocenters. The molecule has 1 amide bonds. The van der Waals surface area contributed by atoms with Gasteiger partial charge in [0.25, 0.3) is 0 Å². The molecule has 10 nitrogen and oxygen atoms in total. The van der Waals surface area contributed by atoms with Crippen LogP contribution in [0.4, 0.5) is 0 Å². The molecule has 0 aromatic carbocycles. The van der Waals surface area contributed by atoms with Crippen molar-refractivity contribution in [2.45, 2.75) is 147 Å². The van der Waals surface area contributed by atoms with Gasteiger partial charge in [0.15, 0.2) is 6.29 Å². The standard InChI is InChI=1S/C30H55NO9/c1-4-6-8-9-10-13-18-24(34)29(38)31-22(23(33)17-14-11-12-16-21(3)15-7-5-2)20-39-30-28(37)27(36)26(35)25(19-32)40-30/h14,16-17,22-28,30,32-37H,4-13,15,18-20H2,1-3H3,(H,31,38)/b17-14+,21-16+/t22-,23+,24+,25?,26+,27-,28?,30+/m0/s1. The van der Waals surface area contributed by atoms with Crippen LogP contribution in [-0.4, -0.2) is 98.7 Å². The molecule has 1 heterocycles. The number of carbonyl (C=O) groups is 1. The molecule has 10 heteroatoms. The number of allylic oxidation sites excluding steroid dienone is 3. The molecular formula is C30H55NO9. The second kappa shape index (κ2) is 21.4. The summed E-state index contributed by atoms with van der Waals surface area (Å²) in [5, 5.41) is 63.5. The van der Waals surface area contributed by atoms with Gasteiger partial charge in [0, 0.05) is 0 Å². The number of amides is 1. The molecule has 1 aliphatic heterocycles. The van der Waals surface area contributed by atoms with Gasteiger partial charge in [-0.1, -0.05) is 82.6 Å². The summed E-state index contributed by atoms with van der Waals surface area (Å²) in [5.41, 5.74) is 1.33. The predicted molar refractivity (Wildman–Crippen MR) is 153 cm³/mol. The maximum atomic E-state index is 12.7. The van der Waals surface area contributed by atoms with Crippen LogP contribution in [-0.2, 0) is 14.3 Å². The van der Waals surface area contributed by atoms with Crippen LogP contribution in [0.1, 0.15) is 97.8 Å². The first-order valence-corrected chi connectivity index (χ1v) is 15.1. The van der Waals surface area contributed by atoms with E-state index in [9.17, 15) is 35.4 Å². The van der Waals surface area contributed by atoms with E-state index in [1.807, 2.05) is 6.08 Å². The Balaban J connectivity index is 2.77. The van der Waals surface area contributed by atoms with Crippen LogP contribution in [0, 0.1) is 0 Å². The summed E-state index contributed by atoms with van der Waals surface area (Å²) in [7, 11) is 0. The Bertz CT molecular complexity index is 730. The fraction of sp³-hybridized carbons (Fsp3) is 0.833. The second-order valence-electron chi connectivity index (χ2n) is 10.9. The fourth-order valence-corrected chi connectivity index (χ4v) is 4.51. The van der Waals surface area contributed by atoms with Gasteiger partial charge in [-0.25, -0.2) is 0 Å². The summed E-state index contributed by atoms with van der Waals surface area (Å²) in [6, 6.07) is -0.989. The predicted octanol–water partition coefficient (Wildman–Crippen LogP) is 2.23. The number of rotatable bonds is 21. The van der Waals surface area contributed by atoms with Crippen molar-refractivity contribution < 1.29 is 44.9 Å². The van der Waals surface area contributed by atoms with Crippen LogP contribution < -0.4 is 5.32 Å². The third kappa shape index (κ3) is 14.0. The van der Waals surface area contributed by atoms with E-state index in [0.717, 1.165) is 51.4 Å². The minimum absolute atomic E-state index is 0.300. The summed E-state index contributed by atoms with van der Waals surface area (Å²) in [5.74, 6) is -0.641. The lowest BCUT2D eigenvalue weighted by atomic mass is 9.99. The van der Waals surface area contributed by atoms with Crippen LogP contribution in [0.5, 0.6) is 0 Å². The maximum absolute atomic E-state index is 12.7. The molecule has 0 radical (unpaired) electrons. The lowest BCUT2D eigenvalue weighted by Gasteiger charge is -2.40. The van der Waals surface area contributed by atoms with Gasteiger partial charge < -0.3 is 45.4 Å². The third-order valence-corrected chi connectivity index (χ3v) is 7.25. The number of aliphatic hydroxyl groups is 6. The van der Waals surface area contributed by atoms with Crippen molar-refractivity contribution in [3.8, 4) is 0 Å². The Kier molecular flexibility index (Phi) is 19.6. The van der Waals surface area contributed by atoms with Gasteiger partial charge in [-0.05, 0) is 39.0 Å². The van der Waals surface area contributed by atoms with E-state index >= 15 is 0 Å². The van der Waals surface area contributed by atoms with Gasteiger partial charge in [0.2, 0.25) is 5.91 Å². The first kappa shape index (κ1) is 36.7. The monoisotopic (exact) mass is 573 g/mol. The quantitative estimate of drug-likeness (QED) is 0.0804. The van der Waals surface area contributed by atoms with Gasteiger partial charge in [0.1, 0.15) is 30.5 Å². The normalized spacial score (nSPS) is 26.1. The number of carbonyl (C=O) groups excluding carboxylic acids is 1. The molecule has 0 bridgehead atoms. The average Bonchev–Trinajstić information content (AvgIpc) is 2.94. The number of unbranched alkanes of at least 4 members (excludes halogenated alkanes) is 7. The van der Waals surface area contributed by atoms with Crippen molar-refractivity contribution in [1.29, 1.82) is 0 Å². The molecule has 1 aliphatic rings. The zero-order valence-electron chi connectivity index (χ0n) is 24.7. The van der Waals surface area contributed by atoms with Gasteiger partial charge in [-0.3, -0.25) is 4.79 Å². The summed E-state index contributed by atoms with van der Waals surface area (Å²) in [6.45, 7) is 5.48. The van der Waals surface area contributed by atoms with E-state index in [0.29, 0.717) is 19.3 Å². The average molecular weight is 574 g/mol. The van der Waals surface area contributed by atoms with E-state index in [-0.39, 0.29) is 6.61 Å². The smallest absolute Gasteiger partial charge is 0.249 e. The molecule has 1 rings (SSSR count). The zero-order valence-corrected chi connectivity index (χ0v) is 24.7. The third-order valence-electron chi connectivity index (χ3n) is 7.25. The van der Waals surface area contributed by atoms with Crippen LogP contribution in [0.3, 0.4) is 0 Å². The molecule has 0 aromatic rings. The van der Waals surface area contributed by atoms with E-state index in [2.05, 4.69) is 32.2 Å². The van der Waals surface area contributed by atoms with Crippen molar-refractivity contribution in [3.05, 3.63) is 23.8 Å². The molecule has 7 N–H and O–H groups in total. The molecule has 0 spiro atoms. The molecule has 0 saturated carbocycles. The summed E-state index contributed by atoms with van der Waals surface area (Å²) in [6.07, 6.45) is 7.11. The van der Waals surface area contributed by atoms with Crippen molar-refractivity contribution in [2.75, 3.05) is 13.2 Å². The summed E-state index contributed by atoms with van der Waals surface area (Å²) < 4.78 is 11.0. The highest BCUT2D eigenvalue weighted by Crippen LogP contribution is 2.22. The molecule has 0 aliphatic carbocycles. The number of nitrogens with one attached hydrogen (secondary N) is 1. The Morgan fingerprint density at radius 3 is 2.30 bits per heavy atom. The number of hydrogen-bond acceptors (Lipinski definition) is 9. The Hall–Kier alpha value is -1.37. The van der Waals surface area contributed by atoms with Crippen LogP contribution in [0.25, 0.3) is 0 Å². The largest absolute Gasteiger partial charge is 0.394 e. The van der Waals surface area contributed by atoms with E-state index < -0.39 is 61.5 Å². The van der Waals surface area contributed by atoms with Gasteiger partial charge >= 0.3 is 0 Å². The maximum Gasteiger partial charge on any atom is 0.249 e. The Morgan fingerprint density at radius 1 is 0.950 bits per heavy atom. The molecule has 1 saturated heterocycles. The van der Waals surface area contributed by atoms with Crippen molar-refractivity contribution in [2.24, 2.45) is 0 Å². The number of ether oxygens (including phenoxy) is 2. The van der Waals surface area contributed by atoms with E-state index in [1.165, 1.54) is 12.0 Å². The first-order chi connectivity index (χ1) is 19.2. The van der Waals surface area contributed by atoms with Crippen LogP contribution in [0.2, 0.25) is 0 Å². The van der Waals surface area contributed by atoms with Gasteiger partial charge in [-0.2, -0.15) is 0 Å². The summed E-state index contributed by atoms with van der Waals surface area (Å²) >= 11 is 0. The highest BCUT2D eigenvalue weighted by Gasteiger charge is 2.44. The Morgan fingerprint density at radius 2 is 1.62 bits per heavy atom. The van der Waals surface area contributed by atoms with Crippen molar-refractivity contribution in [3.63, 3.8) is 0 Å². The van der Waals surface area contributed by atoms with Crippen molar-refractivity contribution >= 4 is 5.91 Å². The van der Waals surface area contributed by atoms with Gasteiger partial charge in [0.05, 0.1) is 25.4 Å². The molecule has 40 heavy (non-hydrogen) atoms. The lowest BCUT2D eigenvalue weighted by Crippen LogP contribution is -2.60. The minimum atomic E-state index is -1.61. The second-order valence-corrected chi connectivity index (χ2v) is 10.9. The fourth-order valence-electron chi connectivity index (χ4n) is 4.51. The topological polar surface area (TPSA) is 169 Å². The highest BCUT2D eigenvalue weighted by atomic mass is 16.7. The van der Waals surface area contributed by atoms with Crippen LogP contribution in [0.15, 0.2) is 23.8 Å². The highest BCUT2D eigenvalue weighted by molar-refractivity contribution is 5.80. The summed E-state index contributed by atoms with van der Waals surface area (Å²) in [4.78, 5) is 12.7. The molecule has 1 fully saturated rings. The molecule has 234 valence electrons. The van der Waals surface area contributed by atoms with E-state index in [4.69, 9.17) is 9.47 Å². The minimum Gasteiger partial charge on any atom is -0.394 e. The molecular weight excluding hydrogens is 518 g/mol. The lowest BCUT2D eigenvalue weighted by molar-refractivity contribution is -0.302. The van der Waals surface area contributed by atoms with Gasteiger partial charge in [-0.15, -0.1) is 0 Å². The SMILES string of the molecule is CCCCCCCC[C@@H](O)C(=O)N[C@@H](CO[C@@H]1OC(CO)[C@@H](O)[C@H](O)C1O)[C@H](O)/C=C/CC/C=C(\C)CCCC. The molecule has 2 unspecified atom stereocenters. The number of aliphatic hydroxyl groups excluding tert-OH is 6. The first-order valence-electron chi connectivity index (χ1n) is 15.1. The molecule has 0 aromatic heterocycles. The van der Waals surface area contributed by atoms with E-state index in [1.54, 1.807) is 6.08 Å².